The largest absolute Gasteiger partial charge is 0.467 e. The highest BCUT2D eigenvalue weighted by molar-refractivity contribution is 7.13. The molecular weight excluding hydrogens is 319 g/mol. The fraction of sp³-hybridized carbons (Fsp3) is 0.312. The van der Waals surface area contributed by atoms with E-state index in [4.69, 9.17) is 0 Å². The van der Waals surface area contributed by atoms with Gasteiger partial charge in [0.05, 0.1) is 18.3 Å². The Labute approximate surface area is 137 Å². The molecule has 0 fully saturated rings. The number of amides is 1. The van der Waals surface area contributed by atoms with Crippen molar-refractivity contribution in [2.45, 2.75) is 25.8 Å². The Balaban J connectivity index is 2.05. The standard InChI is InChI=1S/C16H17FN2O3S/c1-16(2,15(21)22-3)19-14(20)12-9-18-13(23-12)8-10-4-6-11(17)7-5-10/h4-7,9H,8H2,1-3H3,(H,19,20). The number of hydrogen-bond acceptors (Lipinski definition) is 5. The van der Waals surface area contributed by atoms with Crippen molar-refractivity contribution in [1.82, 2.24) is 10.3 Å². The second-order valence-electron chi connectivity index (χ2n) is 5.49. The first kappa shape index (κ1) is 17.1. The fourth-order valence-electron chi connectivity index (χ4n) is 1.93. The maximum Gasteiger partial charge on any atom is 0.330 e. The number of thiazole rings is 1. The van der Waals surface area contributed by atoms with Crippen LogP contribution in [0.25, 0.3) is 0 Å². The lowest BCUT2D eigenvalue weighted by Crippen LogP contribution is -2.50. The maximum atomic E-state index is 12.9. The lowest BCUT2D eigenvalue weighted by Gasteiger charge is -2.22. The Morgan fingerprint density at radius 3 is 2.57 bits per heavy atom. The number of rotatable bonds is 5. The fourth-order valence-corrected chi connectivity index (χ4v) is 2.77. The van der Waals surface area contributed by atoms with E-state index < -0.39 is 11.5 Å². The maximum absolute atomic E-state index is 12.9. The monoisotopic (exact) mass is 336 g/mol. The Bertz CT molecular complexity index is 710. The molecule has 7 heteroatoms. The molecule has 0 radical (unpaired) electrons. The summed E-state index contributed by atoms with van der Waals surface area (Å²) in [5, 5.41) is 3.35. The first-order chi connectivity index (χ1) is 10.8. The molecule has 0 aliphatic heterocycles. The van der Waals surface area contributed by atoms with Crippen LogP contribution in [0.3, 0.4) is 0 Å². The van der Waals surface area contributed by atoms with Crippen LogP contribution in [-0.2, 0) is 16.0 Å². The van der Waals surface area contributed by atoms with Gasteiger partial charge in [-0.15, -0.1) is 11.3 Å². The van der Waals surface area contributed by atoms with Gasteiger partial charge in [0.15, 0.2) is 0 Å². The highest BCUT2D eigenvalue weighted by atomic mass is 32.1. The molecule has 0 atom stereocenters. The number of nitrogens with one attached hydrogen (secondary N) is 1. The molecule has 2 aromatic rings. The van der Waals surface area contributed by atoms with E-state index in [1.165, 1.54) is 36.8 Å². The van der Waals surface area contributed by atoms with Crippen LogP contribution in [0.4, 0.5) is 4.39 Å². The molecule has 1 amide bonds. The van der Waals surface area contributed by atoms with Crippen LogP contribution in [-0.4, -0.2) is 29.5 Å². The van der Waals surface area contributed by atoms with Crippen molar-refractivity contribution >= 4 is 23.2 Å². The van der Waals surface area contributed by atoms with Gasteiger partial charge in [-0.2, -0.15) is 0 Å². The molecule has 2 rings (SSSR count). The van der Waals surface area contributed by atoms with Crippen molar-refractivity contribution in [2.24, 2.45) is 0 Å². The van der Waals surface area contributed by atoms with Crippen LogP contribution >= 0.6 is 11.3 Å². The minimum absolute atomic E-state index is 0.294. The van der Waals surface area contributed by atoms with Gasteiger partial charge in [0.1, 0.15) is 16.2 Å². The van der Waals surface area contributed by atoms with Gasteiger partial charge in [-0.3, -0.25) is 4.79 Å². The summed E-state index contributed by atoms with van der Waals surface area (Å²) in [4.78, 5) is 28.4. The first-order valence-electron chi connectivity index (χ1n) is 6.92. The Morgan fingerprint density at radius 1 is 1.30 bits per heavy atom. The molecule has 1 N–H and O–H groups in total. The zero-order valence-corrected chi connectivity index (χ0v) is 13.9. The average Bonchev–Trinajstić information content (AvgIpc) is 2.97. The normalized spacial score (nSPS) is 11.1. The molecule has 1 aromatic carbocycles. The van der Waals surface area contributed by atoms with Gasteiger partial charge in [-0.25, -0.2) is 14.2 Å². The summed E-state index contributed by atoms with van der Waals surface area (Å²) < 4.78 is 17.5. The molecule has 5 nitrogen and oxygen atoms in total. The molecule has 0 unspecified atom stereocenters. The van der Waals surface area contributed by atoms with Crippen molar-refractivity contribution in [3.63, 3.8) is 0 Å². The second kappa shape index (κ2) is 6.87. The summed E-state index contributed by atoms with van der Waals surface area (Å²) in [6, 6.07) is 6.12. The van der Waals surface area contributed by atoms with E-state index in [-0.39, 0.29) is 11.7 Å². The van der Waals surface area contributed by atoms with Gasteiger partial charge < -0.3 is 10.1 Å². The van der Waals surface area contributed by atoms with Crippen LogP contribution in [0.5, 0.6) is 0 Å². The number of halogens is 1. The summed E-state index contributed by atoms with van der Waals surface area (Å²) in [5.74, 6) is -1.21. The summed E-state index contributed by atoms with van der Waals surface area (Å²) in [5.41, 5.74) is -0.213. The highest BCUT2D eigenvalue weighted by Gasteiger charge is 2.31. The smallest absolute Gasteiger partial charge is 0.330 e. The average molecular weight is 336 g/mol. The van der Waals surface area contributed by atoms with Gasteiger partial charge in [0, 0.05) is 6.42 Å². The number of carbonyl (C=O) groups is 2. The molecular formula is C16H17FN2O3S. The molecule has 0 saturated carbocycles. The zero-order chi connectivity index (χ0) is 17.0. The Hall–Kier alpha value is -2.28. The Morgan fingerprint density at radius 2 is 1.96 bits per heavy atom. The quantitative estimate of drug-likeness (QED) is 0.852. The molecule has 0 aliphatic rings. The van der Waals surface area contributed by atoms with Crippen molar-refractivity contribution < 1.29 is 18.7 Å². The van der Waals surface area contributed by atoms with E-state index in [1.54, 1.807) is 26.0 Å². The first-order valence-corrected chi connectivity index (χ1v) is 7.73. The van der Waals surface area contributed by atoms with E-state index in [0.717, 1.165) is 10.6 Å². The number of carbonyl (C=O) groups excluding carboxylic acids is 2. The summed E-state index contributed by atoms with van der Waals surface area (Å²) in [6.07, 6.45) is 1.98. The third-order valence-electron chi connectivity index (χ3n) is 3.17. The minimum Gasteiger partial charge on any atom is -0.467 e. The van der Waals surface area contributed by atoms with Crippen LogP contribution in [0, 0.1) is 5.82 Å². The molecule has 1 heterocycles. The highest BCUT2D eigenvalue weighted by Crippen LogP contribution is 2.18. The van der Waals surface area contributed by atoms with E-state index in [1.807, 2.05) is 0 Å². The lowest BCUT2D eigenvalue weighted by molar-refractivity contribution is -0.146. The number of benzene rings is 1. The van der Waals surface area contributed by atoms with E-state index in [9.17, 15) is 14.0 Å². The topological polar surface area (TPSA) is 68.3 Å². The van der Waals surface area contributed by atoms with Crippen LogP contribution in [0.15, 0.2) is 30.5 Å². The summed E-state index contributed by atoms with van der Waals surface area (Å²) in [7, 11) is 1.27. The van der Waals surface area contributed by atoms with E-state index in [0.29, 0.717) is 11.3 Å². The third kappa shape index (κ3) is 4.35. The predicted molar refractivity (Wildman–Crippen MR) is 84.9 cm³/mol. The predicted octanol–water partition coefficient (Wildman–Crippen LogP) is 2.55. The van der Waals surface area contributed by atoms with Gasteiger partial charge >= 0.3 is 5.97 Å². The van der Waals surface area contributed by atoms with Crippen molar-refractivity contribution in [3.05, 3.63) is 51.7 Å². The van der Waals surface area contributed by atoms with Gasteiger partial charge in [-0.1, -0.05) is 12.1 Å². The van der Waals surface area contributed by atoms with Crippen LogP contribution in [0.1, 0.15) is 34.1 Å². The second-order valence-corrected chi connectivity index (χ2v) is 6.61. The van der Waals surface area contributed by atoms with E-state index in [2.05, 4.69) is 15.0 Å². The molecule has 122 valence electrons. The number of methoxy groups -OCH3 is 1. The lowest BCUT2D eigenvalue weighted by atomic mass is 10.1. The SMILES string of the molecule is COC(=O)C(C)(C)NC(=O)c1cnc(Cc2ccc(F)cc2)s1. The molecule has 23 heavy (non-hydrogen) atoms. The molecule has 0 bridgehead atoms. The van der Waals surface area contributed by atoms with Crippen molar-refractivity contribution in [2.75, 3.05) is 7.11 Å². The minimum atomic E-state index is -1.12. The zero-order valence-electron chi connectivity index (χ0n) is 13.1. The molecule has 0 aliphatic carbocycles. The third-order valence-corrected chi connectivity index (χ3v) is 4.16. The molecule has 0 spiro atoms. The summed E-state index contributed by atoms with van der Waals surface area (Å²) in [6.45, 7) is 3.13. The van der Waals surface area contributed by atoms with Gasteiger partial charge in [0.2, 0.25) is 0 Å². The number of nitrogens with zero attached hydrogens (tertiary/aromatic N) is 1. The molecule has 1 aromatic heterocycles. The van der Waals surface area contributed by atoms with Crippen molar-refractivity contribution in [3.8, 4) is 0 Å². The van der Waals surface area contributed by atoms with E-state index >= 15 is 0 Å². The van der Waals surface area contributed by atoms with Crippen LogP contribution < -0.4 is 5.32 Å². The van der Waals surface area contributed by atoms with Gasteiger partial charge in [0.25, 0.3) is 5.91 Å². The number of hydrogen-bond donors (Lipinski definition) is 1. The number of aromatic nitrogens is 1. The summed E-state index contributed by atoms with van der Waals surface area (Å²) >= 11 is 1.23. The van der Waals surface area contributed by atoms with Crippen molar-refractivity contribution in [1.29, 1.82) is 0 Å². The molecule has 0 saturated heterocycles. The number of ether oxygens (including phenoxy) is 1. The Kier molecular flexibility index (Phi) is 5.10. The van der Waals surface area contributed by atoms with Gasteiger partial charge in [-0.05, 0) is 31.5 Å². The number of esters is 1. The van der Waals surface area contributed by atoms with Crippen LogP contribution in [0.2, 0.25) is 0 Å².